The summed E-state index contributed by atoms with van der Waals surface area (Å²) in [5.74, 6) is 0.444. The Morgan fingerprint density at radius 1 is 1.48 bits per heavy atom. The monoisotopic (exact) mass is 330 g/mol. The molecular formula is C15H26N2O2S2. The molecule has 1 N–H and O–H groups in total. The molecule has 0 bridgehead atoms. The molecule has 0 amide bonds. The molecule has 1 aliphatic heterocycles. The summed E-state index contributed by atoms with van der Waals surface area (Å²) in [6.07, 6.45) is 4.43. The van der Waals surface area contributed by atoms with E-state index in [0.29, 0.717) is 25.0 Å². The summed E-state index contributed by atoms with van der Waals surface area (Å²) in [6.45, 7) is 6.54. The van der Waals surface area contributed by atoms with Crippen LogP contribution in [0.15, 0.2) is 12.1 Å². The van der Waals surface area contributed by atoms with Crippen LogP contribution in [0.4, 0.5) is 0 Å². The van der Waals surface area contributed by atoms with E-state index in [9.17, 15) is 8.42 Å². The molecule has 2 heterocycles. The van der Waals surface area contributed by atoms with Crippen molar-refractivity contribution in [3.8, 4) is 0 Å². The van der Waals surface area contributed by atoms with Crippen LogP contribution in [0.2, 0.25) is 0 Å². The molecule has 2 unspecified atom stereocenters. The fraction of sp³-hybridized carbons (Fsp3) is 0.733. The van der Waals surface area contributed by atoms with Crippen LogP contribution in [0.1, 0.15) is 42.0 Å². The normalized spacial score (nSPS) is 22.3. The summed E-state index contributed by atoms with van der Waals surface area (Å²) in [6, 6.07) is 4.71. The van der Waals surface area contributed by atoms with E-state index in [1.165, 1.54) is 16.0 Å². The van der Waals surface area contributed by atoms with Crippen LogP contribution >= 0.6 is 11.3 Å². The number of rotatable bonds is 6. The highest BCUT2D eigenvalue weighted by atomic mass is 32.2. The van der Waals surface area contributed by atoms with E-state index in [4.69, 9.17) is 0 Å². The lowest BCUT2D eigenvalue weighted by Gasteiger charge is -2.33. The van der Waals surface area contributed by atoms with Crippen molar-refractivity contribution in [3.05, 3.63) is 21.9 Å². The van der Waals surface area contributed by atoms with Crippen LogP contribution in [0.3, 0.4) is 0 Å². The highest BCUT2D eigenvalue weighted by Crippen LogP contribution is 2.31. The van der Waals surface area contributed by atoms with Crippen molar-refractivity contribution >= 4 is 21.4 Å². The first kappa shape index (κ1) is 16.9. The first-order valence-corrected chi connectivity index (χ1v) is 10.3. The van der Waals surface area contributed by atoms with Gasteiger partial charge in [0.15, 0.2) is 0 Å². The van der Waals surface area contributed by atoms with Crippen molar-refractivity contribution in [1.29, 1.82) is 0 Å². The van der Waals surface area contributed by atoms with Gasteiger partial charge >= 0.3 is 0 Å². The molecule has 0 saturated carbocycles. The topological polar surface area (TPSA) is 49.4 Å². The number of nitrogens with one attached hydrogen (secondary N) is 1. The Balaban J connectivity index is 2.03. The minimum absolute atomic E-state index is 0.346. The molecule has 4 nitrogen and oxygen atoms in total. The second-order valence-corrected chi connectivity index (χ2v) is 9.23. The van der Waals surface area contributed by atoms with Crippen LogP contribution in [0.25, 0.3) is 0 Å². The Kier molecular flexibility index (Phi) is 5.82. The number of thiophene rings is 1. The lowest BCUT2D eigenvalue weighted by atomic mass is 9.92. The van der Waals surface area contributed by atoms with E-state index in [0.717, 1.165) is 25.8 Å². The van der Waals surface area contributed by atoms with Crippen LogP contribution < -0.4 is 5.32 Å². The standard InChI is InChI=1S/C15H26N2O2S2/c1-4-16-14(15-8-7-12(2)20-15)10-13-6-5-9-17(11-13)21(3,18)19/h7-8,13-14,16H,4-6,9-11H2,1-3H3. The molecular weight excluding hydrogens is 304 g/mol. The zero-order valence-corrected chi connectivity index (χ0v) is 14.8. The molecule has 1 aliphatic rings. The molecule has 0 radical (unpaired) electrons. The molecule has 1 saturated heterocycles. The Hall–Kier alpha value is -0.430. The number of piperidine rings is 1. The number of hydrogen-bond donors (Lipinski definition) is 1. The summed E-state index contributed by atoms with van der Waals surface area (Å²) in [4.78, 5) is 2.69. The van der Waals surface area contributed by atoms with Gasteiger partial charge in [0.1, 0.15) is 0 Å². The SMILES string of the molecule is CCNC(CC1CCCN(S(C)(=O)=O)C1)c1ccc(C)s1. The summed E-state index contributed by atoms with van der Waals surface area (Å²) in [5, 5.41) is 3.56. The molecule has 0 aromatic carbocycles. The number of sulfonamides is 1. The zero-order valence-electron chi connectivity index (χ0n) is 13.1. The fourth-order valence-corrected chi connectivity index (χ4v) is 4.95. The van der Waals surface area contributed by atoms with Gasteiger partial charge in [-0.25, -0.2) is 12.7 Å². The van der Waals surface area contributed by atoms with Gasteiger partial charge in [-0.3, -0.25) is 0 Å². The van der Waals surface area contributed by atoms with Gasteiger partial charge < -0.3 is 5.32 Å². The number of aryl methyl sites for hydroxylation is 1. The highest BCUT2D eigenvalue weighted by molar-refractivity contribution is 7.88. The summed E-state index contributed by atoms with van der Waals surface area (Å²) < 4.78 is 25.1. The van der Waals surface area contributed by atoms with Crippen LogP contribution in [0, 0.1) is 12.8 Å². The second-order valence-electron chi connectivity index (χ2n) is 5.92. The van der Waals surface area contributed by atoms with Crippen molar-refractivity contribution in [1.82, 2.24) is 9.62 Å². The lowest BCUT2D eigenvalue weighted by Crippen LogP contribution is -2.40. The average Bonchev–Trinajstić information content (AvgIpc) is 2.84. The third-order valence-electron chi connectivity index (χ3n) is 4.07. The van der Waals surface area contributed by atoms with Gasteiger partial charge in [-0.05, 0) is 50.8 Å². The number of nitrogens with zero attached hydrogens (tertiary/aromatic N) is 1. The van der Waals surface area contributed by atoms with Gasteiger partial charge in [-0.2, -0.15) is 0 Å². The summed E-state index contributed by atoms with van der Waals surface area (Å²) in [5.41, 5.74) is 0. The Labute approximate surface area is 132 Å². The Bertz CT molecular complexity index is 554. The molecule has 1 aromatic rings. The zero-order chi connectivity index (χ0) is 15.5. The molecule has 2 atom stereocenters. The number of hydrogen-bond acceptors (Lipinski definition) is 4. The lowest BCUT2D eigenvalue weighted by molar-refractivity contribution is 0.239. The van der Waals surface area contributed by atoms with E-state index in [2.05, 4.69) is 31.3 Å². The maximum absolute atomic E-state index is 11.7. The van der Waals surface area contributed by atoms with Crippen LogP contribution in [-0.2, 0) is 10.0 Å². The van der Waals surface area contributed by atoms with E-state index in [-0.39, 0.29) is 0 Å². The van der Waals surface area contributed by atoms with Crippen molar-refractivity contribution in [2.45, 2.75) is 39.2 Å². The van der Waals surface area contributed by atoms with Gasteiger partial charge in [0.25, 0.3) is 0 Å². The Morgan fingerprint density at radius 2 is 2.24 bits per heavy atom. The quantitative estimate of drug-likeness (QED) is 0.872. The maximum atomic E-state index is 11.7. The van der Waals surface area contributed by atoms with Gasteiger partial charge in [-0.1, -0.05) is 6.92 Å². The van der Waals surface area contributed by atoms with Gasteiger partial charge in [0, 0.05) is 28.9 Å². The molecule has 0 aliphatic carbocycles. The molecule has 0 spiro atoms. The second kappa shape index (κ2) is 7.22. The largest absolute Gasteiger partial charge is 0.310 e. The highest BCUT2D eigenvalue weighted by Gasteiger charge is 2.28. The van der Waals surface area contributed by atoms with Crippen LogP contribution in [-0.4, -0.2) is 38.6 Å². The molecule has 6 heteroatoms. The fourth-order valence-electron chi connectivity index (χ4n) is 3.04. The smallest absolute Gasteiger partial charge is 0.211 e. The van der Waals surface area contributed by atoms with Crippen molar-refractivity contribution in [2.75, 3.05) is 25.9 Å². The van der Waals surface area contributed by atoms with Crippen molar-refractivity contribution in [3.63, 3.8) is 0 Å². The minimum Gasteiger partial charge on any atom is -0.310 e. The molecule has 1 fully saturated rings. The van der Waals surface area contributed by atoms with E-state index in [1.807, 2.05) is 11.3 Å². The third-order valence-corrected chi connectivity index (χ3v) is 6.46. The minimum atomic E-state index is -3.05. The van der Waals surface area contributed by atoms with Crippen molar-refractivity contribution < 1.29 is 8.42 Å². The maximum Gasteiger partial charge on any atom is 0.211 e. The van der Waals surface area contributed by atoms with E-state index >= 15 is 0 Å². The third kappa shape index (κ3) is 4.77. The average molecular weight is 331 g/mol. The van der Waals surface area contributed by atoms with E-state index < -0.39 is 10.0 Å². The first-order valence-electron chi connectivity index (χ1n) is 7.65. The van der Waals surface area contributed by atoms with Gasteiger partial charge in [-0.15, -0.1) is 11.3 Å². The molecule has 2 rings (SSSR count). The molecule has 1 aromatic heterocycles. The van der Waals surface area contributed by atoms with Gasteiger partial charge in [0.2, 0.25) is 10.0 Å². The summed E-state index contributed by atoms with van der Waals surface area (Å²) >= 11 is 1.84. The molecule has 120 valence electrons. The molecule has 21 heavy (non-hydrogen) atoms. The van der Waals surface area contributed by atoms with Crippen LogP contribution in [0.5, 0.6) is 0 Å². The summed E-state index contributed by atoms with van der Waals surface area (Å²) in [7, 11) is -3.05. The van der Waals surface area contributed by atoms with Crippen molar-refractivity contribution in [2.24, 2.45) is 5.92 Å². The van der Waals surface area contributed by atoms with E-state index in [1.54, 1.807) is 4.31 Å². The Morgan fingerprint density at radius 3 is 2.81 bits per heavy atom. The van der Waals surface area contributed by atoms with Gasteiger partial charge in [0.05, 0.1) is 6.26 Å². The predicted octanol–water partition coefficient (Wildman–Crippen LogP) is 2.77. The predicted molar refractivity (Wildman–Crippen MR) is 89.2 cm³/mol. The first-order chi connectivity index (χ1) is 9.90.